The Morgan fingerprint density at radius 1 is 1.62 bits per heavy atom. The molecule has 0 aliphatic heterocycles. The molecule has 3 nitrogen and oxygen atoms in total. The zero-order chi connectivity index (χ0) is 9.68. The van der Waals surface area contributed by atoms with E-state index in [4.69, 9.17) is 5.11 Å². The second-order valence-corrected chi connectivity index (χ2v) is 5.22. The number of carboxylic acids is 1. The molecule has 0 aliphatic carbocycles. The molecule has 1 heterocycles. The molecule has 5 heteroatoms. The minimum absolute atomic E-state index is 0.0944. The van der Waals surface area contributed by atoms with Crippen LogP contribution in [0.1, 0.15) is 12.8 Å². The van der Waals surface area contributed by atoms with Crippen molar-refractivity contribution < 1.29 is 14.1 Å². The molecule has 1 aromatic rings. The summed E-state index contributed by atoms with van der Waals surface area (Å²) in [6.45, 7) is 0. The van der Waals surface area contributed by atoms with Crippen LogP contribution in [0.2, 0.25) is 0 Å². The van der Waals surface area contributed by atoms with Gasteiger partial charge in [0, 0.05) is 12.2 Å². The van der Waals surface area contributed by atoms with E-state index in [0.29, 0.717) is 12.2 Å². The highest BCUT2D eigenvalue weighted by Crippen LogP contribution is 2.14. The maximum Gasteiger partial charge on any atom is 0.303 e. The fourth-order valence-corrected chi connectivity index (χ4v) is 2.98. The number of hydrogen-bond acceptors (Lipinski definition) is 3. The van der Waals surface area contributed by atoms with E-state index in [1.54, 1.807) is 0 Å². The molecule has 0 aliphatic rings. The number of carbonyl (C=O) groups is 1. The highest BCUT2D eigenvalue weighted by Gasteiger charge is 2.05. The molecule has 0 spiro atoms. The van der Waals surface area contributed by atoms with E-state index in [1.807, 2.05) is 17.5 Å². The van der Waals surface area contributed by atoms with Crippen molar-refractivity contribution in [3.05, 3.63) is 17.5 Å². The van der Waals surface area contributed by atoms with Crippen molar-refractivity contribution >= 4 is 28.1 Å². The smallest absolute Gasteiger partial charge is 0.303 e. The summed E-state index contributed by atoms with van der Waals surface area (Å²) in [6.07, 6.45) is 0.566. The summed E-state index contributed by atoms with van der Waals surface area (Å²) in [6, 6.07) is 3.65. The Kier molecular flexibility index (Phi) is 4.11. The van der Waals surface area contributed by atoms with Gasteiger partial charge in [-0.05, 0) is 17.9 Å². The molecule has 1 N–H and O–H groups in total. The summed E-state index contributed by atoms with van der Waals surface area (Å²) in [5, 5.41) is 10.2. The van der Waals surface area contributed by atoms with Gasteiger partial charge in [-0.2, -0.15) is 0 Å². The number of aliphatic carboxylic acids is 1. The minimum Gasteiger partial charge on any atom is -0.481 e. The van der Waals surface area contributed by atoms with Crippen molar-refractivity contribution in [1.82, 2.24) is 0 Å². The quantitative estimate of drug-likeness (QED) is 0.818. The van der Waals surface area contributed by atoms with Crippen molar-refractivity contribution in [2.24, 2.45) is 0 Å². The van der Waals surface area contributed by atoms with E-state index in [2.05, 4.69) is 0 Å². The summed E-state index contributed by atoms with van der Waals surface area (Å²) in [5.41, 5.74) is 0. The summed E-state index contributed by atoms with van der Waals surface area (Å²) in [5.74, 6) is -0.393. The van der Waals surface area contributed by atoms with E-state index in [1.165, 1.54) is 11.3 Å². The van der Waals surface area contributed by atoms with Crippen LogP contribution in [0.4, 0.5) is 0 Å². The minimum atomic E-state index is -1.01. The van der Waals surface area contributed by atoms with Gasteiger partial charge in [0.25, 0.3) is 0 Å². The first-order chi connectivity index (χ1) is 6.20. The van der Waals surface area contributed by atoms with Crippen LogP contribution >= 0.6 is 11.3 Å². The van der Waals surface area contributed by atoms with E-state index >= 15 is 0 Å². The highest BCUT2D eigenvalue weighted by atomic mass is 32.2. The van der Waals surface area contributed by atoms with E-state index < -0.39 is 16.8 Å². The van der Waals surface area contributed by atoms with Crippen LogP contribution in [-0.4, -0.2) is 21.0 Å². The predicted octanol–water partition coefficient (Wildman–Crippen LogP) is 1.72. The lowest BCUT2D eigenvalue weighted by Gasteiger charge is -1.96. The number of thiophene rings is 1. The number of carboxylic acid groups (broad SMARTS) is 1. The maximum absolute atomic E-state index is 11.4. The van der Waals surface area contributed by atoms with E-state index in [0.717, 1.165) is 4.21 Å². The van der Waals surface area contributed by atoms with Crippen molar-refractivity contribution in [2.75, 3.05) is 5.75 Å². The molecule has 0 bridgehead atoms. The molecule has 0 saturated heterocycles. The van der Waals surface area contributed by atoms with Gasteiger partial charge < -0.3 is 5.11 Å². The topological polar surface area (TPSA) is 54.4 Å². The third-order valence-electron chi connectivity index (χ3n) is 1.44. The van der Waals surface area contributed by atoms with Gasteiger partial charge in [0.2, 0.25) is 0 Å². The molecule has 1 atom stereocenters. The van der Waals surface area contributed by atoms with Gasteiger partial charge in [0.1, 0.15) is 0 Å². The van der Waals surface area contributed by atoms with Crippen LogP contribution in [-0.2, 0) is 15.6 Å². The van der Waals surface area contributed by atoms with Crippen LogP contribution in [0.5, 0.6) is 0 Å². The van der Waals surface area contributed by atoms with Crippen molar-refractivity contribution in [2.45, 2.75) is 17.1 Å². The standard InChI is InChI=1S/C8H10O3S2/c9-7(10)3-2-6-13(11)8-4-1-5-12-8/h1,4-5H,2-3,6H2,(H,9,10). The SMILES string of the molecule is O=C(O)CCCS(=O)c1cccs1. The monoisotopic (exact) mass is 218 g/mol. The van der Waals surface area contributed by atoms with Crippen LogP contribution in [0.3, 0.4) is 0 Å². The Labute approximate surface area is 82.9 Å². The number of hydrogen-bond donors (Lipinski definition) is 1. The molecular weight excluding hydrogens is 208 g/mol. The third-order valence-corrected chi connectivity index (χ3v) is 4.19. The van der Waals surface area contributed by atoms with Gasteiger partial charge >= 0.3 is 5.97 Å². The molecule has 1 rings (SSSR count). The van der Waals surface area contributed by atoms with Gasteiger partial charge in [-0.1, -0.05) is 6.07 Å². The summed E-state index contributed by atoms with van der Waals surface area (Å²) >= 11 is 1.44. The maximum atomic E-state index is 11.4. The average molecular weight is 218 g/mol. The molecule has 0 aromatic carbocycles. The van der Waals surface area contributed by atoms with Gasteiger partial charge in [0.15, 0.2) is 0 Å². The Bertz CT molecular complexity index is 292. The summed E-state index contributed by atoms with van der Waals surface area (Å²) in [4.78, 5) is 10.2. The summed E-state index contributed by atoms with van der Waals surface area (Å²) < 4.78 is 12.2. The van der Waals surface area contributed by atoms with Gasteiger partial charge in [-0.3, -0.25) is 9.00 Å². The fourth-order valence-electron chi connectivity index (χ4n) is 0.848. The molecular formula is C8H10O3S2. The number of rotatable bonds is 5. The lowest BCUT2D eigenvalue weighted by atomic mass is 10.3. The largest absolute Gasteiger partial charge is 0.481 e. The molecule has 0 fully saturated rings. The van der Waals surface area contributed by atoms with Crippen molar-refractivity contribution in [3.8, 4) is 0 Å². The van der Waals surface area contributed by atoms with Crippen LogP contribution in [0, 0.1) is 0 Å². The molecule has 1 aromatic heterocycles. The lowest BCUT2D eigenvalue weighted by Crippen LogP contribution is -2.00. The first kappa shape index (κ1) is 10.4. The zero-order valence-electron chi connectivity index (χ0n) is 6.93. The molecule has 0 saturated carbocycles. The molecule has 13 heavy (non-hydrogen) atoms. The predicted molar refractivity (Wildman–Crippen MR) is 52.5 cm³/mol. The molecule has 0 radical (unpaired) electrons. The first-order valence-electron chi connectivity index (χ1n) is 3.84. The third kappa shape index (κ3) is 3.69. The fraction of sp³-hybridized carbons (Fsp3) is 0.375. The highest BCUT2D eigenvalue weighted by molar-refractivity contribution is 7.87. The van der Waals surface area contributed by atoms with Crippen LogP contribution < -0.4 is 0 Å². The Morgan fingerprint density at radius 2 is 2.38 bits per heavy atom. The van der Waals surface area contributed by atoms with Gasteiger partial charge in [-0.25, -0.2) is 0 Å². The Balaban J connectivity index is 2.31. The molecule has 1 unspecified atom stereocenters. The van der Waals surface area contributed by atoms with Crippen LogP contribution in [0.25, 0.3) is 0 Å². The van der Waals surface area contributed by atoms with E-state index in [9.17, 15) is 9.00 Å². The lowest BCUT2D eigenvalue weighted by molar-refractivity contribution is -0.137. The van der Waals surface area contributed by atoms with Crippen LogP contribution in [0.15, 0.2) is 21.7 Å². The van der Waals surface area contributed by atoms with E-state index in [-0.39, 0.29) is 6.42 Å². The van der Waals surface area contributed by atoms with Crippen molar-refractivity contribution in [3.63, 3.8) is 0 Å². The van der Waals surface area contributed by atoms with Gasteiger partial charge in [-0.15, -0.1) is 11.3 Å². The van der Waals surface area contributed by atoms with Gasteiger partial charge in [0.05, 0.1) is 15.0 Å². The first-order valence-corrected chi connectivity index (χ1v) is 6.03. The summed E-state index contributed by atoms with van der Waals surface area (Å²) in [7, 11) is -1.01. The normalized spacial score (nSPS) is 12.6. The Hall–Kier alpha value is -0.680. The molecule has 72 valence electrons. The second-order valence-electron chi connectivity index (χ2n) is 2.48. The zero-order valence-corrected chi connectivity index (χ0v) is 8.57. The average Bonchev–Trinajstić information content (AvgIpc) is 2.55. The molecule has 0 amide bonds. The second kappa shape index (κ2) is 5.14. The van der Waals surface area contributed by atoms with Crippen molar-refractivity contribution in [1.29, 1.82) is 0 Å². The Morgan fingerprint density at radius 3 is 2.92 bits per heavy atom.